The molecule has 0 radical (unpaired) electrons. The van der Waals surface area contributed by atoms with Crippen molar-refractivity contribution in [2.45, 2.75) is 246 Å². The van der Waals surface area contributed by atoms with Gasteiger partial charge < -0.3 is 14.8 Å². The Hall–Kier alpha value is -0.980. The van der Waals surface area contributed by atoms with Gasteiger partial charge in [-0.05, 0) is 58.0 Å². The average Bonchev–Trinajstić information content (AvgIpc) is 3.17. The van der Waals surface area contributed by atoms with Crippen molar-refractivity contribution in [2.75, 3.05) is 26.3 Å². The molecule has 1 aliphatic carbocycles. The Morgan fingerprint density at radius 2 is 0.900 bits per heavy atom. The van der Waals surface area contributed by atoms with Crippen LogP contribution < -0.4 is 5.32 Å². The third-order valence-electron chi connectivity index (χ3n) is 9.33. The van der Waals surface area contributed by atoms with Gasteiger partial charge in [-0.25, -0.2) is 9.78 Å². The van der Waals surface area contributed by atoms with Crippen molar-refractivity contribution >= 4 is 12.8 Å². The summed E-state index contributed by atoms with van der Waals surface area (Å²) in [4.78, 5) is 31.4. The van der Waals surface area contributed by atoms with Crippen LogP contribution in [0.15, 0.2) is 0 Å². The number of carbonyl (C=O) groups excluding carboxylic acids is 2. The summed E-state index contributed by atoms with van der Waals surface area (Å²) in [6, 6.07) is 0. The van der Waals surface area contributed by atoms with Crippen LogP contribution in [0, 0.1) is 0 Å². The van der Waals surface area contributed by atoms with E-state index in [0.29, 0.717) is 19.1 Å². The predicted octanol–water partition coefficient (Wildman–Crippen LogP) is 13.8. The van der Waals surface area contributed by atoms with E-state index < -0.39 is 0 Å². The fraction of sp³-hybridized carbons (Fsp3) is 0.955. The monoisotopic (exact) mass is 714 g/mol. The van der Waals surface area contributed by atoms with Crippen LogP contribution in [0.5, 0.6) is 0 Å². The maximum absolute atomic E-state index is 11.8. The second-order valence-corrected chi connectivity index (χ2v) is 13.7. The summed E-state index contributed by atoms with van der Waals surface area (Å²) >= 11 is 0. The van der Waals surface area contributed by atoms with E-state index in [1.54, 1.807) is 0 Å². The second kappa shape index (κ2) is 52.4. The highest BCUT2D eigenvalue weighted by atomic mass is 17.2. The van der Waals surface area contributed by atoms with Crippen molar-refractivity contribution in [3.63, 3.8) is 0 Å². The van der Waals surface area contributed by atoms with Crippen molar-refractivity contribution in [3.05, 3.63) is 0 Å². The highest BCUT2D eigenvalue weighted by Crippen LogP contribution is 2.19. The Bertz CT molecular complexity index is 575. The zero-order chi connectivity index (χ0) is 37.4. The molecule has 0 saturated heterocycles. The molecule has 1 saturated carbocycles. The van der Waals surface area contributed by atoms with E-state index >= 15 is 0 Å². The minimum Gasteiger partial charge on any atom is -0.466 e. The molecule has 1 rings (SSSR count). The summed E-state index contributed by atoms with van der Waals surface area (Å²) in [6.07, 6.45) is 40.8. The first-order valence-electron chi connectivity index (χ1n) is 22.3. The molecule has 1 fully saturated rings. The Morgan fingerprint density at radius 1 is 0.520 bits per heavy atom. The number of rotatable bonds is 26. The van der Waals surface area contributed by atoms with E-state index in [1.807, 2.05) is 34.5 Å². The number of hydrogen-bond donors (Lipinski definition) is 1. The van der Waals surface area contributed by atoms with Crippen LogP contribution in [0.25, 0.3) is 0 Å². The molecular weight excluding hydrogens is 622 g/mol. The average molecular weight is 714 g/mol. The number of esters is 1. The fourth-order valence-corrected chi connectivity index (χ4v) is 6.33. The van der Waals surface area contributed by atoms with Gasteiger partial charge in [0.25, 0.3) is 0 Å². The van der Waals surface area contributed by atoms with Crippen LogP contribution in [0.4, 0.5) is 0 Å². The first-order chi connectivity index (χ1) is 24.8. The lowest BCUT2D eigenvalue weighted by Crippen LogP contribution is -2.16. The minimum atomic E-state index is -0.000183. The summed E-state index contributed by atoms with van der Waals surface area (Å²) < 4.78 is 5.37. The van der Waals surface area contributed by atoms with Gasteiger partial charge in [0.05, 0.1) is 19.3 Å². The van der Waals surface area contributed by atoms with Crippen molar-refractivity contribution in [2.24, 2.45) is 0 Å². The van der Waals surface area contributed by atoms with E-state index in [-0.39, 0.29) is 5.97 Å². The molecular formula is C44H91NO5. The lowest BCUT2D eigenvalue weighted by Gasteiger charge is -2.16. The number of nitrogens with one attached hydrogen (secondary N) is 1. The summed E-state index contributed by atoms with van der Waals surface area (Å²) in [6.45, 7) is 15.9. The van der Waals surface area contributed by atoms with Crippen LogP contribution in [-0.4, -0.2) is 45.2 Å². The first kappa shape index (κ1) is 53.4. The van der Waals surface area contributed by atoms with E-state index in [9.17, 15) is 4.79 Å². The topological polar surface area (TPSA) is 73.9 Å². The predicted molar refractivity (Wildman–Crippen MR) is 218 cm³/mol. The van der Waals surface area contributed by atoms with Crippen LogP contribution in [0.2, 0.25) is 0 Å². The van der Waals surface area contributed by atoms with Crippen LogP contribution in [0.1, 0.15) is 240 Å². The second-order valence-electron chi connectivity index (χ2n) is 13.7. The van der Waals surface area contributed by atoms with Crippen molar-refractivity contribution in [1.29, 1.82) is 0 Å². The highest BCUT2D eigenvalue weighted by molar-refractivity contribution is 5.69. The van der Waals surface area contributed by atoms with E-state index in [0.717, 1.165) is 45.4 Å². The fourth-order valence-electron chi connectivity index (χ4n) is 6.33. The summed E-state index contributed by atoms with van der Waals surface area (Å²) in [5, 5.41) is 3.61. The van der Waals surface area contributed by atoms with E-state index in [2.05, 4.69) is 12.2 Å². The van der Waals surface area contributed by atoms with Crippen molar-refractivity contribution < 1.29 is 24.1 Å². The third-order valence-corrected chi connectivity index (χ3v) is 9.33. The lowest BCUT2D eigenvalue weighted by molar-refractivity contribution is -0.327. The first-order valence-corrected chi connectivity index (χ1v) is 22.3. The lowest BCUT2D eigenvalue weighted by atomic mass is 10.0. The van der Waals surface area contributed by atoms with Gasteiger partial charge in [0, 0.05) is 6.42 Å². The minimum absolute atomic E-state index is 0.000183. The number of unbranched alkanes of at least 4 members (excludes halogenated alkanes) is 14. The number of carbonyl (C=O) groups is 2. The molecule has 302 valence electrons. The van der Waals surface area contributed by atoms with Crippen molar-refractivity contribution in [3.8, 4) is 0 Å². The summed E-state index contributed by atoms with van der Waals surface area (Å²) in [7, 11) is 0. The van der Waals surface area contributed by atoms with Gasteiger partial charge in [0.1, 0.15) is 6.79 Å². The zero-order valence-corrected chi connectivity index (χ0v) is 34.8. The normalized spacial score (nSPS) is 14.7. The van der Waals surface area contributed by atoms with Gasteiger partial charge in [0.15, 0.2) is 0 Å². The standard InChI is InChI=1S/C39H77NO4.2C2H6.CH2O/c1-2-3-4-5-22-29-36-42-39(41)33-26-19-16-21-28-35-40-34-27-20-14-15-23-30-37-43-44-38-31-24-17-12-10-8-6-7-9-11-13-18-25-32-38;3*1-2/h38,40H,2-37H2,1H3;2*1-2H3;1H2. The molecule has 0 spiro atoms. The number of ether oxygens (including phenoxy) is 1. The summed E-state index contributed by atoms with van der Waals surface area (Å²) in [5.41, 5.74) is 0. The molecule has 0 heterocycles. The van der Waals surface area contributed by atoms with E-state index in [4.69, 9.17) is 19.3 Å². The molecule has 0 unspecified atom stereocenters. The molecule has 6 heteroatoms. The highest BCUT2D eigenvalue weighted by Gasteiger charge is 2.11. The molecule has 0 atom stereocenters. The summed E-state index contributed by atoms with van der Waals surface area (Å²) in [5.74, 6) is -0.000183. The van der Waals surface area contributed by atoms with Gasteiger partial charge in [-0.2, -0.15) is 0 Å². The molecule has 0 aromatic carbocycles. The molecule has 6 nitrogen and oxygen atoms in total. The third kappa shape index (κ3) is 47.0. The Kier molecular flexibility index (Phi) is 55.9. The largest absolute Gasteiger partial charge is 0.466 e. The van der Waals surface area contributed by atoms with Crippen molar-refractivity contribution in [1.82, 2.24) is 5.32 Å². The zero-order valence-electron chi connectivity index (χ0n) is 34.8. The molecule has 0 aliphatic heterocycles. The Balaban J connectivity index is -0.00000348. The quantitative estimate of drug-likeness (QED) is 0.0416. The maximum Gasteiger partial charge on any atom is 0.305 e. The Labute approximate surface area is 314 Å². The van der Waals surface area contributed by atoms with Crippen LogP contribution in [0.3, 0.4) is 0 Å². The SMILES string of the molecule is C=O.CC.CC.CCCCCCCCOC(=O)CCCCCCCNCCCCCCCCOOC1CCCCCCCCCCCCCC1. The molecule has 1 aliphatic rings. The van der Waals surface area contributed by atoms with Crippen LogP contribution in [-0.2, 0) is 24.1 Å². The van der Waals surface area contributed by atoms with Gasteiger partial charge in [0.2, 0.25) is 0 Å². The van der Waals surface area contributed by atoms with Crippen LogP contribution >= 0.6 is 0 Å². The molecule has 0 aromatic heterocycles. The number of hydrogen-bond acceptors (Lipinski definition) is 6. The van der Waals surface area contributed by atoms with Gasteiger partial charge in [-0.15, -0.1) is 0 Å². The molecule has 0 bridgehead atoms. The molecule has 1 N–H and O–H groups in total. The molecule has 50 heavy (non-hydrogen) atoms. The Morgan fingerprint density at radius 3 is 1.38 bits per heavy atom. The molecule has 0 amide bonds. The van der Waals surface area contributed by atoms with Gasteiger partial charge >= 0.3 is 5.97 Å². The van der Waals surface area contributed by atoms with E-state index in [1.165, 1.54) is 173 Å². The smallest absolute Gasteiger partial charge is 0.305 e. The van der Waals surface area contributed by atoms with Gasteiger partial charge in [-0.1, -0.05) is 189 Å². The molecule has 0 aromatic rings. The van der Waals surface area contributed by atoms with Gasteiger partial charge in [-0.3, -0.25) is 4.79 Å². The maximum atomic E-state index is 11.8.